The first-order chi connectivity index (χ1) is 14.4. The lowest BCUT2D eigenvalue weighted by Gasteiger charge is -2.24. The Labute approximate surface area is 181 Å². The zero-order chi connectivity index (χ0) is 21.9. The highest BCUT2D eigenvalue weighted by atomic mass is 32.2. The highest BCUT2D eigenvalue weighted by molar-refractivity contribution is 7.98. The van der Waals surface area contributed by atoms with Gasteiger partial charge < -0.3 is 20.3 Å². The second kappa shape index (κ2) is 11.9. The van der Waals surface area contributed by atoms with Gasteiger partial charge in [-0.05, 0) is 54.8 Å². The number of hydrogen-bond acceptors (Lipinski definition) is 5. The lowest BCUT2D eigenvalue weighted by atomic mass is 10.1. The van der Waals surface area contributed by atoms with Gasteiger partial charge in [-0.3, -0.25) is 14.4 Å². The number of nitrogens with one attached hydrogen (secondary N) is 2. The van der Waals surface area contributed by atoms with E-state index in [1.807, 2.05) is 12.3 Å². The highest BCUT2D eigenvalue weighted by Crippen LogP contribution is 2.15. The lowest BCUT2D eigenvalue weighted by molar-refractivity contribution is -0.135. The van der Waals surface area contributed by atoms with Gasteiger partial charge in [0.15, 0.2) is 0 Å². The van der Waals surface area contributed by atoms with Crippen molar-refractivity contribution in [3.8, 4) is 5.75 Å². The predicted molar refractivity (Wildman–Crippen MR) is 120 cm³/mol. The van der Waals surface area contributed by atoms with Gasteiger partial charge in [-0.1, -0.05) is 18.2 Å². The molecule has 0 bridgehead atoms. The summed E-state index contributed by atoms with van der Waals surface area (Å²) in [6, 6.07) is 15.0. The number of nitrogens with zero attached hydrogens (tertiary/aromatic N) is 1. The van der Waals surface area contributed by atoms with Gasteiger partial charge in [0, 0.05) is 18.3 Å². The fourth-order valence-electron chi connectivity index (χ4n) is 2.76. The number of ether oxygens (including phenoxy) is 1. The van der Waals surface area contributed by atoms with Gasteiger partial charge >= 0.3 is 0 Å². The number of likely N-dealkylation sites (N-methyl/N-ethyl adjacent to an activating group) is 1. The van der Waals surface area contributed by atoms with Crippen LogP contribution in [0.25, 0.3) is 0 Å². The van der Waals surface area contributed by atoms with Crippen LogP contribution in [0.2, 0.25) is 0 Å². The van der Waals surface area contributed by atoms with Gasteiger partial charge in [0.05, 0.1) is 13.7 Å². The van der Waals surface area contributed by atoms with Crippen LogP contribution < -0.4 is 15.4 Å². The molecule has 0 saturated heterocycles. The summed E-state index contributed by atoms with van der Waals surface area (Å²) < 4.78 is 5.09. The number of methoxy groups -OCH3 is 1. The number of benzene rings is 2. The monoisotopic (exact) mass is 429 g/mol. The zero-order valence-corrected chi connectivity index (χ0v) is 18.2. The van der Waals surface area contributed by atoms with Crippen LogP contribution in [0, 0.1) is 0 Å². The molecule has 0 fully saturated rings. The van der Waals surface area contributed by atoms with E-state index in [0.717, 1.165) is 0 Å². The molecule has 2 N–H and O–H groups in total. The lowest BCUT2D eigenvalue weighted by Crippen LogP contribution is -2.49. The molecule has 0 saturated carbocycles. The number of hydrogen-bond donors (Lipinski definition) is 2. The van der Waals surface area contributed by atoms with E-state index < -0.39 is 6.04 Å². The second-order valence-electron chi connectivity index (χ2n) is 6.64. The third kappa shape index (κ3) is 7.11. The van der Waals surface area contributed by atoms with Crippen molar-refractivity contribution in [3.05, 3.63) is 60.2 Å². The molecule has 0 heterocycles. The summed E-state index contributed by atoms with van der Waals surface area (Å²) in [6.45, 7) is -0.123. The minimum atomic E-state index is -0.705. The first kappa shape index (κ1) is 23.3. The molecule has 3 amide bonds. The molecule has 30 heavy (non-hydrogen) atoms. The number of anilines is 1. The minimum Gasteiger partial charge on any atom is -0.497 e. The Morgan fingerprint density at radius 3 is 2.33 bits per heavy atom. The Bertz CT molecular complexity index is 843. The summed E-state index contributed by atoms with van der Waals surface area (Å²) in [5.41, 5.74) is 1.09. The second-order valence-corrected chi connectivity index (χ2v) is 7.63. The molecule has 0 aliphatic heterocycles. The third-order valence-electron chi connectivity index (χ3n) is 4.38. The van der Waals surface area contributed by atoms with Gasteiger partial charge in [-0.25, -0.2) is 0 Å². The predicted octanol–water partition coefficient (Wildman–Crippen LogP) is 2.64. The van der Waals surface area contributed by atoms with Crippen LogP contribution in [0.1, 0.15) is 16.8 Å². The Hall–Kier alpha value is -3.00. The van der Waals surface area contributed by atoms with Crippen molar-refractivity contribution in [1.82, 2.24) is 10.2 Å². The Morgan fingerprint density at radius 1 is 1.07 bits per heavy atom. The standard InChI is InChI=1S/C22H27N3O4S/c1-25(15-20(26)23-17-9-11-18(29-2)12-10-17)22(28)19(13-14-30-3)24-21(27)16-7-5-4-6-8-16/h4-12,19H,13-15H2,1-3H3,(H,23,26)(H,24,27)/t19-/m1/s1. The molecular weight excluding hydrogens is 402 g/mol. The van der Waals surface area contributed by atoms with Gasteiger partial charge in [0.2, 0.25) is 11.8 Å². The van der Waals surface area contributed by atoms with Crippen molar-refractivity contribution in [2.45, 2.75) is 12.5 Å². The van der Waals surface area contributed by atoms with Crippen molar-refractivity contribution in [1.29, 1.82) is 0 Å². The molecule has 1 atom stereocenters. The molecule has 2 aromatic rings. The summed E-state index contributed by atoms with van der Waals surface area (Å²) in [5.74, 6) is 0.446. The van der Waals surface area contributed by atoms with E-state index >= 15 is 0 Å². The summed E-state index contributed by atoms with van der Waals surface area (Å²) in [5, 5.41) is 5.54. The fraction of sp³-hybridized carbons (Fsp3) is 0.318. The van der Waals surface area contributed by atoms with Crippen LogP contribution in [0.4, 0.5) is 5.69 Å². The number of amides is 3. The summed E-state index contributed by atoms with van der Waals surface area (Å²) >= 11 is 1.59. The zero-order valence-electron chi connectivity index (χ0n) is 17.4. The molecule has 160 valence electrons. The molecule has 0 aliphatic rings. The molecule has 0 radical (unpaired) electrons. The van der Waals surface area contributed by atoms with Gasteiger partial charge in [-0.2, -0.15) is 11.8 Å². The summed E-state index contributed by atoms with van der Waals surface area (Å²) in [6.07, 6.45) is 2.41. The summed E-state index contributed by atoms with van der Waals surface area (Å²) in [7, 11) is 3.12. The summed E-state index contributed by atoms with van der Waals surface area (Å²) in [4.78, 5) is 39.0. The number of carbonyl (C=O) groups is 3. The van der Waals surface area contributed by atoms with E-state index in [0.29, 0.717) is 29.2 Å². The number of rotatable bonds is 10. The molecule has 0 aliphatic carbocycles. The van der Waals surface area contributed by atoms with Gasteiger partial charge in [0.25, 0.3) is 5.91 Å². The van der Waals surface area contributed by atoms with E-state index in [2.05, 4.69) is 10.6 Å². The van der Waals surface area contributed by atoms with E-state index in [1.165, 1.54) is 4.90 Å². The third-order valence-corrected chi connectivity index (χ3v) is 5.02. The van der Waals surface area contributed by atoms with E-state index in [1.54, 1.807) is 74.5 Å². The van der Waals surface area contributed by atoms with Gasteiger partial charge in [0.1, 0.15) is 11.8 Å². The van der Waals surface area contributed by atoms with Crippen LogP contribution in [0.15, 0.2) is 54.6 Å². The molecular formula is C22H27N3O4S. The number of carbonyl (C=O) groups excluding carboxylic acids is 3. The Morgan fingerprint density at radius 2 is 1.73 bits per heavy atom. The van der Waals surface area contributed by atoms with Crippen molar-refractivity contribution in [2.24, 2.45) is 0 Å². The molecule has 7 nitrogen and oxygen atoms in total. The van der Waals surface area contributed by atoms with E-state index in [4.69, 9.17) is 4.74 Å². The molecule has 8 heteroatoms. The van der Waals surface area contributed by atoms with Crippen molar-refractivity contribution < 1.29 is 19.1 Å². The SMILES string of the molecule is COc1ccc(NC(=O)CN(C)C(=O)[C@@H](CCSC)NC(=O)c2ccccc2)cc1. The first-order valence-electron chi connectivity index (χ1n) is 9.48. The average molecular weight is 430 g/mol. The van der Waals surface area contributed by atoms with Crippen LogP contribution in [0.3, 0.4) is 0 Å². The molecule has 0 spiro atoms. The largest absolute Gasteiger partial charge is 0.497 e. The Kier molecular flexibility index (Phi) is 9.21. The van der Waals surface area contributed by atoms with Gasteiger partial charge in [-0.15, -0.1) is 0 Å². The normalized spacial score (nSPS) is 11.3. The first-order valence-corrected chi connectivity index (χ1v) is 10.9. The van der Waals surface area contributed by atoms with E-state index in [-0.39, 0.29) is 24.3 Å². The van der Waals surface area contributed by atoms with Crippen molar-refractivity contribution >= 4 is 35.2 Å². The Balaban J connectivity index is 1.97. The molecule has 2 rings (SSSR count). The van der Waals surface area contributed by atoms with E-state index in [9.17, 15) is 14.4 Å². The molecule has 0 aromatic heterocycles. The van der Waals surface area contributed by atoms with Crippen LogP contribution in [-0.2, 0) is 9.59 Å². The maximum atomic E-state index is 12.9. The van der Waals surface area contributed by atoms with Crippen LogP contribution >= 0.6 is 11.8 Å². The van der Waals surface area contributed by atoms with Crippen LogP contribution in [-0.4, -0.2) is 61.4 Å². The van der Waals surface area contributed by atoms with Crippen LogP contribution in [0.5, 0.6) is 5.75 Å². The quantitative estimate of drug-likeness (QED) is 0.606. The average Bonchev–Trinajstić information content (AvgIpc) is 2.77. The maximum Gasteiger partial charge on any atom is 0.251 e. The molecule has 0 unspecified atom stereocenters. The minimum absolute atomic E-state index is 0.123. The fourth-order valence-corrected chi connectivity index (χ4v) is 3.23. The molecule has 2 aromatic carbocycles. The maximum absolute atomic E-state index is 12.9. The van der Waals surface area contributed by atoms with Crippen molar-refractivity contribution in [2.75, 3.05) is 38.0 Å². The smallest absolute Gasteiger partial charge is 0.251 e. The van der Waals surface area contributed by atoms with Crippen molar-refractivity contribution in [3.63, 3.8) is 0 Å². The number of thioether (sulfide) groups is 1. The topological polar surface area (TPSA) is 87.7 Å². The highest BCUT2D eigenvalue weighted by Gasteiger charge is 2.25.